The molecular formula is C21H29Br2N3O5. The lowest BCUT2D eigenvalue weighted by molar-refractivity contribution is -0.140. The molecule has 0 spiro atoms. The molecule has 3 amide bonds. The number of amides is 3. The lowest BCUT2D eigenvalue weighted by Gasteiger charge is -2.19. The first kappa shape index (κ1) is 27.1. The van der Waals surface area contributed by atoms with E-state index in [1.165, 1.54) is 7.11 Å². The minimum Gasteiger partial charge on any atom is -0.469 e. The lowest BCUT2D eigenvalue weighted by atomic mass is 10.1. The number of alkyl halides is 2. The van der Waals surface area contributed by atoms with E-state index in [2.05, 4.69) is 52.5 Å². The summed E-state index contributed by atoms with van der Waals surface area (Å²) in [6.45, 7) is 3.13. The molecule has 1 unspecified atom stereocenters. The number of ether oxygens (including phenoxy) is 1. The largest absolute Gasteiger partial charge is 0.469 e. The van der Waals surface area contributed by atoms with E-state index in [0.29, 0.717) is 29.2 Å². The average Bonchev–Trinajstić information content (AvgIpc) is 2.75. The topological polar surface area (TPSA) is 114 Å². The Morgan fingerprint density at radius 2 is 1.42 bits per heavy atom. The lowest BCUT2D eigenvalue weighted by Crippen LogP contribution is -2.50. The summed E-state index contributed by atoms with van der Waals surface area (Å²) in [5.74, 6) is -1.43. The van der Waals surface area contributed by atoms with Gasteiger partial charge in [-0.1, -0.05) is 37.9 Å². The fraction of sp³-hybridized carbons (Fsp3) is 0.524. The number of esters is 1. The van der Waals surface area contributed by atoms with Crippen molar-refractivity contribution in [2.45, 2.75) is 62.3 Å². The second-order valence-electron chi connectivity index (χ2n) is 7.10. The van der Waals surface area contributed by atoms with Crippen LogP contribution in [0.1, 0.15) is 50.7 Å². The molecule has 31 heavy (non-hydrogen) atoms. The average molecular weight is 563 g/mol. The summed E-state index contributed by atoms with van der Waals surface area (Å²) in [6, 6.07) is 4.16. The molecule has 3 N–H and O–H groups in total. The zero-order chi connectivity index (χ0) is 23.4. The summed E-state index contributed by atoms with van der Waals surface area (Å²) in [6.07, 6.45) is 1.50. The molecule has 0 saturated heterocycles. The Kier molecular flexibility index (Phi) is 12.4. The Morgan fingerprint density at radius 1 is 0.871 bits per heavy atom. The predicted molar refractivity (Wildman–Crippen MR) is 126 cm³/mol. The van der Waals surface area contributed by atoms with Crippen LogP contribution in [0, 0.1) is 0 Å². The van der Waals surface area contributed by atoms with Crippen LogP contribution in [0.4, 0.5) is 5.69 Å². The molecule has 0 bridgehead atoms. The summed E-state index contributed by atoms with van der Waals surface area (Å²) in [7, 11) is 1.32. The van der Waals surface area contributed by atoms with Crippen molar-refractivity contribution in [3.8, 4) is 0 Å². The quantitative estimate of drug-likeness (QED) is 0.206. The highest BCUT2D eigenvalue weighted by Crippen LogP contribution is 2.19. The number of anilines is 1. The molecule has 8 nitrogen and oxygen atoms in total. The molecule has 0 aliphatic heterocycles. The van der Waals surface area contributed by atoms with Crippen LogP contribution in [0.25, 0.3) is 0 Å². The molecule has 0 saturated carbocycles. The molecule has 0 aliphatic carbocycles. The van der Waals surface area contributed by atoms with Crippen molar-refractivity contribution in [1.82, 2.24) is 10.6 Å². The van der Waals surface area contributed by atoms with Crippen molar-refractivity contribution in [2.24, 2.45) is 0 Å². The van der Waals surface area contributed by atoms with Crippen molar-refractivity contribution in [2.75, 3.05) is 12.4 Å². The zero-order valence-corrected chi connectivity index (χ0v) is 21.1. The van der Waals surface area contributed by atoms with Gasteiger partial charge in [0.25, 0.3) is 0 Å². The Morgan fingerprint density at radius 3 is 1.97 bits per heavy atom. The molecule has 0 aromatic heterocycles. The molecular weight excluding hydrogens is 534 g/mol. The van der Waals surface area contributed by atoms with Crippen molar-refractivity contribution in [3.05, 3.63) is 29.3 Å². The highest BCUT2D eigenvalue weighted by atomic mass is 79.9. The number of rotatable bonds is 12. The van der Waals surface area contributed by atoms with Gasteiger partial charge in [0.2, 0.25) is 17.7 Å². The predicted octanol–water partition coefficient (Wildman–Crippen LogP) is 3.16. The van der Waals surface area contributed by atoms with Gasteiger partial charge in [0.05, 0.1) is 7.11 Å². The smallest absolute Gasteiger partial charge is 0.305 e. The molecule has 172 valence electrons. The van der Waals surface area contributed by atoms with Gasteiger partial charge in [-0.05, 0) is 49.9 Å². The molecule has 2 atom stereocenters. The van der Waals surface area contributed by atoms with Crippen LogP contribution in [-0.2, 0) is 34.6 Å². The Balaban J connectivity index is 2.48. The van der Waals surface area contributed by atoms with Crippen LogP contribution in [-0.4, -0.2) is 42.9 Å². The third-order valence-electron chi connectivity index (χ3n) is 4.41. The maximum absolute atomic E-state index is 12.5. The van der Waals surface area contributed by atoms with Crippen LogP contribution in [0.15, 0.2) is 18.2 Å². The maximum atomic E-state index is 12.5. The molecule has 0 fully saturated rings. The number of unbranched alkanes of at least 4 members (excludes halogenated alkanes) is 1. The van der Waals surface area contributed by atoms with Gasteiger partial charge in [-0.15, -0.1) is 0 Å². The van der Waals surface area contributed by atoms with Crippen LogP contribution in [0.2, 0.25) is 0 Å². The highest BCUT2D eigenvalue weighted by molar-refractivity contribution is 9.08. The number of hydrogen-bond donors (Lipinski definition) is 3. The molecule has 0 heterocycles. The summed E-state index contributed by atoms with van der Waals surface area (Å²) >= 11 is 6.82. The van der Waals surface area contributed by atoms with Gasteiger partial charge in [0.1, 0.15) is 12.1 Å². The van der Waals surface area contributed by atoms with E-state index in [-0.39, 0.29) is 30.6 Å². The molecule has 1 aromatic rings. The van der Waals surface area contributed by atoms with Gasteiger partial charge in [0, 0.05) is 29.2 Å². The van der Waals surface area contributed by atoms with E-state index < -0.39 is 18.0 Å². The number of benzene rings is 1. The molecule has 1 aromatic carbocycles. The highest BCUT2D eigenvalue weighted by Gasteiger charge is 2.21. The monoisotopic (exact) mass is 561 g/mol. The van der Waals surface area contributed by atoms with Gasteiger partial charge < -0.3 is 20.7 Å². The van der Waals surface area contributed by atoms with E-state index in [1.54, 1.807) is 13.8 Å². The van der Waals surface area contributed by atoms with E-state index >= 15 is 0 Å². The molecule has 1 rings (SSSR count). The summed E-state index contributed by atoms with van der Waals surface area (Å²) < 4.78 is 4.54. The normalized spacial score (nSPS) is 12.4. The van der Waals surface area contributed by atoms with Gasteiger partial charge in [-0.25, -0.2) is 0 Å². The van der Waals surface area contributed by atoms with Gasteiger partial charge in [0.15, 0.2) is 0 Å². The Labute approximate surface area is 199 Å². The first-order chi connectivity index (χ1) is 14.7. The van der Waals surface area contributed by atoms with Crippen LogP contribution >= 0.6 is 31.9 Å². The Bertz CT molecular complexity index is 766. The van der Waals surface area contributed by atoms with Gasteiger partial charge >= 0.3 is 5.97 Å². The van der Waals surface area contributed by atoms with E-state index in [1.807, 2.05) is 18.2 Å². The number of carbonyl (C=O) groups excluding carboxylic acids is 4. The Hall–Kier alpha value is -1.94. The van der Waals surface area contributed by atoms with Crippen molar-refractivity contribution < 1.29 is 23.9 Å². The van der Waals surface area contributed by atoms with E-state index in [0.717, 1.165) is 11.1 Å². The van der Waals surface area contributed by atoms with Gasteiger partial charge in [-0.3, -0.25) is 19.2 Å². The van der Waals surface area contributed by atoms with Gasteiger partial charge in [-0.2, -0.15) is 0 Å². The maximum Gasteiger partial charge on any atom is 0.305 e. The number of methoxy groups -OCH3 is 1. The van der Waals surface area contributed by atoms with Crippen molar-refractivity contribution >= 4 is 61.2 Å². The molecule has 10 heteroatoms. The summed E-state index contributed by atoms with van der Waals surface area (Å²) in [5.41, 5.74) is 2.68. The number of carbonyl (C=O) groups is 4. The number of hydrogen-bond acceptors (Lipinski definition) is 5. The fourth-order valence-corrected chi connectivity index (χ4v) is 3.33. The molecule has 0 radical (unpaired) electrons. The minimum atomic E-state index is -0.792. The first-order valence-corrected chi connectivity index (χ1v) is 12.2. The summed E-state index contributed by atoms with van der Waals surface area (Å²) in [5, 5.41) is 9.32. The third-order valence-corrected chi connectivity index (χ3v) is 5.71. The SMILES string of the molecule is COC(=O)CCCCC(=O)NC(C)C(=O)N[C@@H](C)C(=O)Nc1cc(CBr)cc(CBr)c1. The number of halogens is 2. The van der Waals surface area contributed by atoms with Crippen LogP contribution < -0.4 is 16.0 Å². The van der Waals surface area contributed by atoms with E-state index in [9.17, 15) is 19.2 Å². The standard InChI is InChI=1S/C21H29Br2N3O5/c1-13(24-18(27)6-4-5-7-19(28)31-3)20(29)25-14(2)21(30)26-17-9-15(11-22)8-16(10-17)12-23/h8-10,13-14H,4-7,11-12H2,1-3H3,(H,24,27)(H,25,29)(H,26,30)/t13?,14-/m0/s1. The third kappa shape index (κ3) is 10.3. The second kappa shape index (κ2) is 14.2. The van der Waals surface area contributed by atoms with Crippen LogP contribution in [0.3, 0.4) is 0 Å². The second-order valence-corrected chi connectivity index (χ2v) is 8.22. The van der Waals surface area contributed by atoms with Crippen LogP contribution in [0.5, 0.6) is 0 Å². The van der Waals surface area contributed by atoms with Crippen molar-refractivity contribution in [3.63, 3.8) is 0 Å². The summed E-state index contributed by atoms with van der Waals surface area (Å²) in [4.78, 5) is 47.8. The zero-order valence-electron chi connectivity index (χ0n) is 17.9. The number of nitrogens with one attached hydrogen (secondary N) is 3. The van der Waals surface area contributed by atoms with Crippen molar-refractivity contribution in [1.29, 1.82) is 0 Å². The fourth-order valence-electron chi connectivity index (χ4n) is 2.68. The first-order valence-electron chi connectivity index (χ1n) is 9.92. The van der Waals surface area contributed by atoms with E-state index in [4.69, 9.17) is 0 Å². The molecule has 0 aliphatic rings. The minimum absolute atomic E-state index is 0.199.